The molecule has 1 aromatic carbocycles. The largest absolute Gasteiger partial charge is 0.382 e. The zero-order valence-electron chi connectivity index (χ0n) is 25.5. The molecule has 0 saturated carbocycles. The summed E-state index contributed by atoms with van der Waals surface area (Å²) in [6.45, 7) is 10.1. The van der Waals surface area contributed by atoms with Crippen molar-refractivity contribution < 1.29 is 14.3 Å². The number of nitrogens with two attached hydrogens (primary N) is 1. The Bertz CT molecular complexity index is 1320. The van der Waals surface area contributed by atoms with Gasteiger partial charge in [0.05, 0.1) is 30.3 Å². The zero-order chi connectivity index (χ0) is 29.9. The molecule has 42 heavy (non-hydrogen) atoms. The van der Waals surface area contributed by atoms with E-state index in [-0.39, 0.29) is 17.7 Å². The Hall–Kier alpha value is -3.28. The number of aromatic amines is 1. The van der Waals surface area contributed by atoms with Gasteiger partial charge < -0.3 is 31.0 Å². The Morgan fingerprint density at radius 2 is 1.93 bits per heavy atom. The fraction of sp³-hybridized carbons (Fsp3) is 0.613. The van der Waals surface area contributed by atoms with E-state index in [1.807, 2.05) is 0 Å². The first-order chi connectivity index (χ1) is 20.4. The van der Waals surface area contributed by atoms with E-state index in [9.17, 15) is 9.59 Å². The maximum absolute atomic E-state index is 12.1. The van der Waals surface area contributed by atoms with Crippen molar-refractivity contribution in [1.29, 1.82) is 0 Å². The minimum Gasteiger partial charge on any atom is -0.382 e. The van der Waals surface area contributed by atoms with E-state index in [0.717, 1.165) is 99.0 Å². The van der Waals surface area contributed by atoms with E-state index in [4.69, 9.17) is 15.5 Å². The first-order valence-electron chi connectivity index (χ1n) is 15.5. The number of carbonyl (C=O) groups is 2. The van der Waals surface area contributed by atoms with Crippen LogP contribution < -0.4 is 21.3 Å². The highest BCUT2D eigenvalue weighted by Gasteiger charge is 2.19. The molecule has 1 aliphatic heterocycles. The molecular weight excluding hydrogens is 532 g/mol. The van der Waals surface area contributed by atoms with Crippen LogP contribution in [0, 0.1) is 0 Å². The van der Waals surface area contributed by atoms with Gasteiger partial charge in [0, 0.05) is 63.2 Å². The minimum atomic E-state index is -0.0917. The topological polar surface area (TPSA) is 142 Å². The van der Waals surface area contributed by atoms with E-state index < -0.39 is 0 Å². The third kappa shape index (κ3) is 8.62. The van der Waals surface area contributed by atoms with Crippen LogP contribution in [-0.4, -0.2) is 97.1 Å². The molecule has 5 N–H and O–H groups in total. The fourth-order valence-electron chi connectivity index (χ4n) is 5.50. The molecule has 230 valence electrons. The lowest BCUT2D eigenvalue weighted by molar-refractivity contribution is -0.122. The van der Waals surface area contributed by atoms with Crippen LogP contribution in [-0.2, 0) is 20.7 Å². The van der Waals surface area contributed by atoms with Gasteiger partial charge in [-0.15, -0.1) is 0 Å². The number of pyridine rings is 1. The lowest BCUT2D eigenvalue weighted by Crippen LogP contribution is -2.47. The Morgan fingerprint density at radius 3 is 2.67 bits per heavy atom. The molecule has 0 aliphatic carbocycles. The van der Waals surface area contributed by atoms with Crippen LogP contribution in [0.4, 0.5) is 11.5 Å². The monoisotopic (exact) mass is 580 g/mol. The Balaban J connectivity index is 1.15. The molecule has 1 atom stereocenters. The van der Waals surface area contributed by atoms with Gasteiger partial charge >= 0.3 is 0 Å². The Morgan fingerprint density at radius 1 is 1.12 bits per heavy atom. The number of aromatic nitrogens is 3. The first-order valence-corrected chi connectivity index (χ1v) is 15.5. The molecule has 1 amide bonds. The predicted octanol–water partition coefficient (Wildman–Crippen LogP) is 3.03. The lowest BCUT2D eigenvalue weighted by atomic mass is 10.1. The zero-order valence-corrected chi connectivity index (χ0v) is 25.5. The Kier molecular flexibility index (Phi) is 11.9. The summed E-state index contributed by atoms with van der Waals surface area (Å²) in [5.74, 6) is 1.61. The van der Waals surface area contributed by atoms with Gasteiger partial charge in [-0.3, -0.25) is 14.5 Å². The number of hydrogen-bond acceptors (Lipinski definition) is 9. The number of likely N-dealkylation sites (N-methyl/N-ethyl adjacent to an activating group) is 1. The van der Waals surface area contributed by atoms with E-state index >= 15 is 0 Å². The van der Waals surface area contributed by atoms with Gasteiger partial charge in [0.1, 0.15) is 17.1 Å². The van der Waals surface area contributed by atoms with Crippen LogP contribution in [0.5, 0.6) is 0 Å². The highest BCUT2D eigenvalue weighted by Crippen LogP contribution is 2.30. The number of nitrogens with zero attached hydrogens (tertiary/aromatic N) is 4. The second-order valence-electron chi connectivity index (χ2n) is 11.2. The second-order valence-corrected chi connectivity index (χ2v) is 11.2. The summed E-state index contributed by atoms with van der Waals surface area (Å²) in [5.41, 5.74) is 10.0. The maximum atomic E-state index is 12.1. The average Bonchev–Trinajstić information content (AvgIpc) is 3.43. The molecule has 0 bridgehead atoms. The van der Waals surface area contributed by atoms with Gasteiger partial charge in [0.2, 0.25) is 5.91 Å². The molecular formula is C31H48N8O3. The first kappa shape index (κ1) is 31.7. The minimum absolute atomic E-state index is 0.0122. The molecule has 2 aromatic heterocycles. The molecule has 0 radical (unpaired) electrons. The SMILES string of the molecule is CCCCc1nc2c(N)nc3ccc(N4CCN(CCOCCC(=O)NCCCCC(NC)C(C)=O)CC4)cc3c2[nH]1. The van der Waals surface area contributed by atoms with E-state index in [1.54, 1.807) is 14.0 Å². The quantitative estimate of drug-likeness (QED) is 0.177. The standard InChI is InChI=1S/C31H48N8O3/c1-4-5-9-27-36-29-24-21-23(10-11-26(24)35-31(32)30(29)37-27)39-16-14-38(15-17-39)18-20-42-19-12-28(41)34-13-7-6-8-25(33-3)22(2)40/h10-11,21,25,33H,4-9,12-20H2,1-3H3,(H2,32,35)(H,34,41)(H,36,37). The number of piperazine rings is 1. The number of ketones is 1. The number of carbonyl (C=O) groups excluding carboxylic acids is 2. The highest BCUT2D eigenvalue weighted by atomic mass is 16.5. The van der Waals surface area contributed by atoms with Crippen molar-refractivity contribution in [3.8, 4) is 0 Å². The average molecular weight is 581 g/mol. The molecule has 11 nitrogen and oxygen atoms in total. The molecule has 3 heterocycles. The number of fused-ring (bicyclic) bond motifs is 3. The number of imidazole rings is 1. The van der Waals surface area contributed by atoms with Crippen molar-refractivity contribution >= 4 is 45.1 Å². The molecule has 1 aliphatic rings. The van der Waals surface area contributed by atoms with E-state index in [0.29, 0.717) is 32.0 Å². The summed E-state index contributed by atoms with van der Waals surface area (Å²) < 4.78 is 5.76. The van der Waals surface area contributed by atoms with Crippen LogP contribution in [0.1, 0.15) is 58.2 Å². The molecule has 11 heteroatoms. The van der Waals surface area contributed by atoms with Crippen LogP contribution in [0.15, 0.2) is 18.2 Å². The van der Waals surface area contributed by atoms with Crippen molar-refractivity contribution in [2.24, 2.45) is 0 Å². The molecule has 1 saturated heterocycles. The number of amides is 1. The number of nitrogen functional groups attached to an aromatic ring is 1. The van der Waals surface area contributed by atoms with Gasteiger partial charge in [-0.25, -0.2) is 9.97 Å². The maximum Gasteiger partial charge on any atom is 0.222 e. The summed E-state index contributed by atoms with van der Waals surface area (Å²) >= 11 is 0. The van der Waals surface area contributed by atoms with Crippen molar-refractivity contribution in [2.45, 2.75) is 64.8 Å². The summed E-state index contributed by atoms with van der Waals surface area (Å²) in [4.78, 5) is 41.2. The third-order valence-electron chi connectivity index (χ3n) is 8.10. The third-order valence-corrected chi connectivity index (χ3v) is 8.10. The summed E-state index contributed by atoms with van der Waals surface area (Å²) in [6.07, 6.45) is 6.04. The molecule has 1 unspecified atom stereocenters. The number of hydrogen-bond donors (Lipinski definition) is 4. The summed E-state index contributed by atoms with van der Waals surface area (Å²) in [6, 6.07) is 6.30. The van der Waals surface area contributed by atoms with Crippen molar-refractivity contribution in [3.63, 3.8) is 0 Å². The molecule has 3 aromatic rings. The number of Topliss-reactive ketones (excluding diaryl/α,β-unsaturated/α-hetero) is 1. The van der Waals surface area contributed by atoms with Crippen LogP contribution in [0.25, 0.3) is 21.9 Å². The number of aryl methyl sites for hydroxylation is 1. The van der Waals surface area contributed by atoms with Gasteiger partial charge in [-0.05, 0) is 57.9 Å². The van der Waals surface area contributed by atoms with E-state index in [1.165, 1.54) is 5.69 Å². The van der Waals surface area contributed by atoms with Crippen LogP contribution >= 0.6 is 0 Å². The normalized spacial score (nSPS) is 15.0. The highest BCUT2D eigenvalue weighted by molar-refractivity contribution is 6.07. The predicted molar refractivity (Wildman–Crippen MR) is 169 cm³/mol. The van der Waals surface area contributed by atoms with Crippen LogP contribution in [0.2, 0.25) is 0 Å². The van der Waals surface area contributed by atoms with Crippen molar-refractivity contribution in [3.05, 3.63) is 24.0 Å². The number of ether oxygens (including phenoxy) is 1. The van der Waals surface area contributed by atoms with Gasteiger partial charge in [-0.1, -0.05) is 13.3 Å². The molecule has 1 fully saturated rings. The van der Waals surface area contributed by atoms with Gasteiger partial charge in [0.25, 0.3) is 0 Å². The van der Waals surface area contributed by atoms with Gasteiger partial charge in [0.15, 0.2) is 5.82 Å². The number of benzene rings is 1. The Labute approximate surface area is 248 Å². The smallest absolute Gasteiger partial charge is 0.222 e. The van der Waals surface area contributed by atoms with Gasteiger partial charge in [-0.2, -0.15) is 0 Å². The summed E-state index contributed by atoms with van der Waals surface area (Å²) in [7, 11) is 1.80. The molecule has 4 rings (SSSR count). The second kappa shape index (κ2) is 15.8. The number of rotatable bonds is 17. The van der Waals surface area contributed by atoms with Crippen LogP contribution in [0.3, 0.4) is 0 Å². The van der Waals surface area contributed by atoms with Crippen molar-refractivity contribution in [2.75, 3.05) is 70.2 Å². The van der Waals surface area contributed by atoms with Crippen molar-refractivity contribution in [1.82, 2.24) is 30.5 Å². The number of unbranched alkanes of at least 4 members (excludes halogenated alkanes) is 2. The number of nitrogens with one attached hydrogen (secondary N) is 3. The van der Waals surface area contributed by atoms with E-state index in [2.05, 4.69) is 55.5 Å². The number of anilines is 2. The lowest BCUT2D eigenvalue weighted by Gasteiger charge is -2.36. The molecule has 0 spiro atoms. The number of H-pyrrole nitrogens is 1. The fourth-order valence-corrected chi connectivity index (χ4v) is 5.50. The summed E-state index contributed by atoms with van der Waals surface area (Å²) in [5, 5.41) is 7.02.